The average molecular weight is 268 g/mol. The number of hydrogen-bond acceptors (Lipinski definition) is 4. The molecule has 1 atom stereocenters. The Morgan fingerprint density at radius 3 is 2.95 bits per heavy atom. The molecule has 0 bridgehead atoms. The van der Waals surface area contributed by atoms with Crippen LogP contribution in [-0.4, -0.2) is 22.5 Å². The average Bonchev–Trinajstić information content (AvgIpc) is 2.50. The van der Waals surface area contributed by atoms with Crippen molar-refractivity contribution in [2.45, 2.75) is 25.3 Å². The molecular weight excluding hydrogens is 252 g/mol. The lowest BCUT2D eigenvalue weighted by molar-refractivity contribution is 0.646. The zero-order valence-corrected chi connectivity index (χ0v) is 11.0. The maximum atomic E-state index is 11.0. The van der Waals surface area contributed by atoms with Crippen LogP contribution in [0.25, 0.3) is 5.57 Å². The van der Waals surface area contributed by atoms with Crippen molar-refractivity contribution in [3.63, 3.8) is 0 Å². The fourth-order valence-corrected chi connectivity index (χ4v) is 2.27. The van der Waals surface area contributed by atoms with E-state index in [9.17, 15) is 4.79 Å². The highest BCUT2D eigenvalue weighted by Gasteiger charge is 2.12. The second kappa shape index (κ2) is 5.69. The molecule has 0 unspecified atom stereocenters. The standard InChI is InChI=1S/C15H16N4O/c20-15-8-7-14(18-19-15)11-3-5-12(6-4-11)17-13-2-1-9-16-10-13/h3-5,7-10,12,17H,1-2,6H2,(H,19,20)/t12-/m0/s1. The summed E-state index contributed by atoms with van der Waals surface area (Å²) in [6.07, 6.45) is 13.0. The third kappa shape index (κ3) is 2.93. The number of nitrogens with zero attached hydrogens (tertiary/aromatic N) is 2. The summed E-state index contributed by atoms with van der Waals surface area (Å²) in [4.78, 5) is 15.2. The first-order chi connectivity index (χ1) is 9.81. The Morgan fingerprint density at radius 2 is 2.30 bits per heavy atom. The van der Waals surface area contributed by atoms with Crippen LogP contribution in [0.5, 0.6) is 0 Å². The van der Waals surface area contributed by atoms with E-state index in [0.29, 0.717) is 6.04 Å². The zero-order chi connectivity index (χ0) is 13.8. The van der Waals surface area contributed by atoms with Crippen molar-refractivity contribution < 1.29 is 0 Å². The second-order valence-electron chi connectivity index (χ2n) is 4.84. The lowest BCUT2D eigenvalue weighted by atomic mass is 10.00. The first kappa shape index (κ1) is 12.6. The summed E-state index contributed by atoms with van der Waals surface area (Å²) in [6, 6.07) is 3.52. The van der Waals surface area contributed by atoms with Crippen molar-refractivity contribution in [3.05, 3.63) is 58.3 Å². The summed E-state index contributed by atoms with van der Waals surface area (Å²) in [5.41, 5.74) is 2.83. The molecule has 0 radical (unpaired) electrons. The number of allylic oxidation sites excluding steroid dienone is 3. The number of aromatic nitrogens is 2. The maximum Gasteiger partial charge on any atom is 0.264 e. The number of hydrogen-bond donors (Lipinski definition) is 2. The van der Waals surface area contributed by atoms with Gasteiger partial charge in [0, 0.05) is 30.2 Å². The molecule has 0 spiro atoms. The first-order valence-electron chi connectivity index (χ1n) is 6.73. The molecule has 20 heavy (non-hydrogen) atoms. The Morgan fingerprint density at radius 1 is 1.35 bits per heavy atom. The van der Waals surface area contributed by atoms with Crippen molar-refractivity contribution in [1.29, 1.82) is 0 Å². The predicted octanol–water partition coefficient (Wildman–Crippen LogP) is 1.78. The first-order valence-corrected chi connectivity index (χ1v) is 6.73. The summed E-state index contributed by atoms with van der Waals surface area (Å²) in [6.45, 7) is 0. The molecular formula is C15H16N4O. The van der Waals surface area contributed by atoms with E-state index >= 15 is 0 Å². The van der Waals surface area contributed by atoms with Crippen LogP contribution < -0.4 is 10.9 Å². The molecule has 102 valence electrons. The van der Waals surface area contributed by atoms with Crippen LogP contribution >= 0.6 is 0 Å². The van der Waals surface area contributed by atoms with Crippen molar-refractivity contribution in [3.8, 4) is 0 Å². The van der Waals surface area contributed by atoms with Gasteiger partial charge in [-0.15, -0.1) is 0 Å². The van der Waals surface area contributed by atoms with E-state index in [1.807, 2.05) is 18.5 Å². The molecule has 2 N–H and O–H groups in total. The van der Waals surface area contributed by atoms with E-state index < -0.39 is 0 Å². The lowest BCUT2D eigenvalue weighted by Crippen LogP contribution is -2.27. The maximum absolute atomic E-state index is 11.0. The number of H-pyrrole nitrogens is 1. The normalized spacial score (nSPS) is 21.3. The van der Waals surface area contributed by atoms with Crippen LogP contribution in [0, 0.1) is 0 Å². The highest BCUT2D eigenvalue weighted by atomic mass is 16.1. The Kier molecular flexibility index (Phi) is 3.58. The van der Waals surface area contributed by atoms with Crippen molar-refractivity contribution >= 4 is 11.8 Å². The van der Waals surface area contributed by atoms with Gasteiger partial charge in [-0.1, -0.05) is 18.2 Å². The van der Waals surface area contributed by atoms with Gasteiger partial charge in [-0.05, 0) is 30.9 Å². The highest BCUT2D eigenvalue weighted by molar-refractivity contribution is 5.72. The molecule has 3 rings (SSSR count). The van der Waals surface area contributed by atoms with Gasteiger partial charge in [-0.2, -0.15) is 5.10 Å². The Hall–Kier alpha value is -2.43. The molecule has 1 aliphatic carbocycles. The molecule has 2 heterocycles. The summed E-state index contributed by atoms with van der Waals surface area (Å²) in [7, 11) is 0. The van der Waals surface area contributed by atoms with Gasteiger partial charge in [0.1, 0.15) is 0 Å². The number of nitrogens with one attached hydrogen (secondary N) is 2. The largest absolute Gasteiger partial charge is 0.381 e. The smallest absolute Gasteiger partial charge is 0.264 e. The third-order valence-electron chi connectivity index (χ3n) is 3.32. The zero-order valence-electron chi connectivity index (χ0n) is 11.0. The van der Waals surface area contributed by atoms with Crippen LogP contribution in [0.2, 0.25) is 0 Å². The van der Waals surface area contributed by atoms with Gasteiger partial charge in [-0.3, -0.25) is 9.79 Å². The lowest BCUT2D eigenvalue weighted by Gasteiger charge is -2.21. The van der Waals surface area contributed by atoms with Crippen LogP contribution in [0.15, 0.2) is 52.0 Å². The fourth-order valence-electron chi connectivity index (χ4n) is 2.27. The van der Waals surface area contributed by atoms with Crippen molar-refractivity contribution in [2.24, 2.45) is 4.99 Å². The van der Waals surface area contributed by atoms with E-state index in [-0.39, 0.29) is 5.56 Å². The minimum atomic E-state index is -0.182. The summed E-state index contributed by atoms with van der Waals surface area (Å²) in [5.74, 6) is 0. The topological polar surface area (TPSA) is 70.1 Å². The number of rotatable bonds is 3. The molecule has 0 saturated carbocycles. The minimum Gasteiger partial charge on any atom is -0.381 e. The van der Waals surface area contributed by atoms with E-state index in [1.165, 1.54) is 11.8 Å². The van der Waals surface area contributed by atoms with Gasteiger partial charge in [0.05, 0.1) is 5.69 Å². The van der Waals surface area contributed by atoms with Crippen LogP contribution in [0.4, 0.5) is 0 Å². The predicted molar refractivity (Wildman–Crippen MR) is 79.3 cm³/mol. The molecule has 0 fully saturated rings. The molecule has 2 aliphatic rings. The van der Waals surface area contributed by atoms with E-state index in [0.717, 1.165) is 30.5 Å². The van der Waals surface area contributed by atoms with Crippen molar-refractivity contribution in [2.75, 3.05) is 0 Å². The van der Waals surface area contributed by atoms with Gasteiger partial charge in [0.25, 0.3) is 5.56 Å². The third-order valence-corrected chi connectivity index (χ3v) is 3.32. The van der Waals surface area contributed by atoms with Crippen LogP contribution in [0.3, 0.4) is 0 Å². The molecule has 0 aromatic carbocycles. The van der Waals surface area contributed by atoms with Gasteiger partial charge in [-0.25, -0.2) is 5.10 Å². The van der Waals surface area contributed by atoms with Gasteiger partial charge >= 0.3 is 0 Å². The van der Waals surface area contributed by atoms with Crippen LogP contribution in [-0.2, 0) is 0 Å². The van der Waals surface area contributed by atoms with Crippen LogP contribution in [0.1, 0.15) is 25.0 Å². The minimum absolute atomic E-state index is 0.182. The molecule has 5 nitrogen and oxygen atoms in total. The molecule has 0 amide bonds. The SMILES string of the molecule is O=c1ccc(C2=CC[C@@H](NC3=CN=CCC3)C=C2)n[nH]1. The molecule has 1 aliphatic heterocycles. The quantitative estimate of drug-likeness (QED) is 0.877. The van der Waals surface area contributed by atoms with E-state index in [2.05, 4.69) is 32.7 Å². The monoisotopic (exact) mass is 268 g/mol. The molecule has 0 saturated heterocycles. The Balaban J connectivity index is 1.65. The fraction of sp³-hybridized carbons (Fsp3) is 0.267. The summed E-state index contributed by atoms with van der Waals surface area (Å²) >= 11 is 0. The number of aromatic amines is 1. The second-order valence-corrected chi connectivity index (χ2v) is 4.84. The summed E-state index contributed by atoms with van der Waals surface area (Å²) < 4.78 is 0. The van der Waals surface area contributed by atoms with Gasteiger partial charge in [0.2, 0.25) is 0 Å². The van der Waals surface area contributed by atoms with E-state index in [1.54, 1.807) is 6.07 Å². The van der Waals surface area contributed by atoms with E-state index in [4.69, 9.17) is 0 Å². The molecule has 1 aromatic heterocycles. The number of aliphatic imine (C=N–C) groups is 1. The Labute approximate surface area is 116 Å². The highest BCUT2D eigenvalue weighted by Crippen LogP contribution is 2.20. The molecule has 1 aromatic rings. The van der Waals surface area contributed by atoms with Crippen molar-refractivity contribution in [1.82, 2.24) is 15.5 Å². The summed E-state index contributed by atoms with van der Waals surface area (Å²) in [5, 5.41) is 9.96. The Bertz CT molecular complexity index is 646. The van der Waals surface area contributed by atoms with Gasteiger partial charge < -0.3 is 5.32 Å². The molecule has 5 heteroatoms. The van der Waals surface area contributed by atoms with Gasteiger partial charge in [0.15, 0.2) is 0 Å².